The Hall–Kier alpha value is -3.22. The first-order valence-corrected chi connectivity index (χ1v) is 11.3. The molecule has 0 aliphatic carbocycles. The lowest BCUT2D eigenvalue weighted by Crippen LogP contribution is -2.32. The van der Waals surface area contributed by atoms with Gasteiger partial charge in [-0.25, -0.2) is 14.8 Å². The Morgan fingerprint density at radius 1 is 1.19 bits per heavy atom. The number of carbonyl (C=O) groups is 1. The highest BCUT2D eigenvalue weighted by molar-refractivity contribution is 7.20. The van der Waals surface area contributed by atoms with Crippen molar-refractivity contribution >= 4 is 50.5 Å². The third kappa shape index (κ3) is 4.24. The number of carboxylic acid groups (broad SMARTS) is 1. The van der Waals surface area contributed by atoms with Crippen LogP contribution in [0.4, 0.5) is 5.82 Å². The van der Waals surface area contributed by atoms with Gasteiger partial charge in [-0.2, -0.15) is 0 Å². The van der Waals surface area contributed by atoms with Gasteiger partial charge in [-0.1, -0.05) is 60.6 Å². The lowest BCUT2D eigenvalue weighted by molar-refractivity contribution is -0.137. The Balaban J connectivity index is 1.88. The zero-order valence-corrected chi connectivity index (χ0v) is 19.3. The molecule has 0 aliphatic heterocycles. The Labute approximate surface area is 195 Å². The van der Waals surface area contributed by atoms with Crippen molar-refractivity contribution in [1.29, 1.82) is 0 Å². The zero-order valence-electron chi connectivity index (χ0n) is 17.7. The molecule has 0 bridgehead atoms. The molecule has 0 fully saturated rings. The minimum Gasteiger partial charge on any atom is -0.480 e. The van der Waals surface area contributed by atoms with E-state index in [1.165, 1.54) is 17.7 Å². The molecule has 2 aromatic heterocycles. The highest BCUT2D eigenvalue weighted by atomic mass is 35.5. The highest BCUT2D eigenvalue weighted by Gasteiger charge is 2.24. The summed E-state index contributed by atoms with van der Waals surface area (Å²) in [5.41, 5.74) is 4.63. The van der Waals surface area contributed by atoms with E-state index in [0.29, 0.717) is 17.3 Å². The number of aromatic nitrogens is 2. The van der Waals surface area contributed by atoms with E-state index in [1.807, 2.05) is 62.4 Å². The summed E-state index contributed by atoms with van der Waals surface area (Å²) >= 11 is 7.94. The summed E-state index contributed by atoms with van der Waals surface area (Å²) in [6.07, 6.45) is 1.78. The number of nitrogens with zero attached hydrogens (tertiary/aromatic N) is 2. The van der Waals surface area contributed by atoms with Gasteiger partial charge in [-0.15, -0.1) is 11.3 Å². The molecule has 2 aromatic carbocycles. The Kier molecular flexibility index (Phi) is 6.26. The van der Waals surface area contributed by atoms with Gasteiger partial charge in [0.05, 0.1) is 5.39 Å². The second kappa shape index (κ2) is 9.10. The zero-order chi connectivity index (χ0) is 22.8. The van der Waals surface area contributed by atoms with Crippen molar-refractivity contribution < 1.29 is 9.90 Å². The number of halogens is 1. The molecule has 0 aliphatic rings. The summed E-state index contributed by atoms with van der Waals surface area (Å²) in [6, 6.07) is 14.4. The number of allylic oxidation sites excluding steroid dienone is 1. The molecule has 0 amide bonds. The minimum atomic E-state index is -0.948. The predicted octanol–water partition coefficient (Wildman–Crippen LogP) is 6.46. The van der Waals surface area contributed by atoms with Gasteiger partial charge in [0.15, 0.2) is 0 Å². The van der Waals surface area contributed by atoms with Gasteiger partial charge in [0, 0.05) is 21.9 Å². The molecule has 4 aromatic rings. The largest absolute Gasteiger partial charge is 0.480 e. The number of aliphatic carboxylic acids is 1. The Morgan fingerprint density at radius 3 is 2.62 bits per heavy atom. The van der Waals surface area contributed by atoms with E-state index in [1.54, 1.807) is 0 Å². The van der Waals surface area contributed by atoms with Gasteiger partial charge in [0.1, 0.15) is 23.0 Å². The lowest BCUT2D eigenvalue weighted by atomic mass is 9.96. The molecule has 32 heavy (non-hydrogen) atoms. The maximum absolute atomic E-state index is 12.1. The van der Waals surface area contributed by atoms with Crippen LogP contribution >= 0.6 is 22.9 Å². The summed E-state index contributed by atoms with van der Waals surface area (Å²) in [4.78, 5) is 22.7. The number of hydrogen-bond acceptors (Lipinski definition) is 5. The number of benzene rings is 2. The smallest absolute Gasteiger partial charge is 0.326 e. The fraction of sp³-hybridized carbons (Fsp3) is 0.160. The summed E-state index contributed by atoms with van der Waals surface area (Å²) < 4.78 is 0. The van der Waals surface area contributed by atoms with Crippen LogP contribution in [-0.2, 0) is 11.2 Å². The molecule has 7 heteroatoms. The minimum absolute atomic E-state index is 0.324. The number of thiophene rings is 1. The summed E-state index contributed by atoms with van der Waals surface area (Å²) in [5.74, 6) is -0.465. The quantitative estimate of drug-likeness (QED) is 0.329. The van der Waals surface area contributed by atoms with E-state index in [2.05, 4.69) is 21.9 Å². The maximum atomic E-state index is 12.1. The number of fused-ring (bicyclic) bond motifs is 1. The summed E-state index contributed by atoms with van der Waals surface area (Å²) in [7, 11) is 0. The van der Waals surface area contributed by atoms with Crippen molar-refractivity contribution in [2.75, 3.05) is 5.32 Å². The van der Waals surface area contributed by atoms with Crippen molar-refractivity contribution in [3.8, 4) is 11.1 Å². The Morgan fingerprint density at radius 2 is 1.94 bits per heavy atom. The van der Waals surface area contributed by atoms with Crippen LogP contribution in [0.5, 0.6) is 0 Å². The standard InChI is InChI=1S/C25H22ClN3O2S/c1-14(2)22-20(17-10-7-11-18(26)15(17)3)21-23(27-13-28-24(21)32-22)29-19(25(30)31)12-16-8-5-4-6-9-16/h4-11,13,19H,1,12H2,2-3H3,(H,30,31)(H,27,28,29)/t19-/m1/s1. The van der Waals surface area contributed by atoms with E-state index in [9.17, 15) is 9.90 Å². The van der Waals surface area contributed by atoms with Crippen LogP contribution in [0.25, 0.3) is 26.9 Å². The van der Waals surface area contributed by atoms with Crippen LogP contribution in [0, 0.1) is 6.92 Å². The van der Waals surface area contributed by atoms with E-state index in [0.717, 1.165) is 42.9 Å². The third-order valence-corrected chi connectivity index (χ3v) is 6.97. The van der Waals surface area contributed by atoms with Gasteiger partial charge in [-0.3, -0.25) is 0 Å². The van der Waals surface area contributed by atoms with Crippen LogP contribution in [0.1, 0.15) is 22.9 Å². The fourth-order valence-corrected chi connectivity index (χ4v) is 4.95. The third-order valence-electron chi connectivity index (χ3n) is 5.30. The molecular weight excluding hydrogens is 442 g/mol. The van der Waals surface area contributed by atoms with Crippen molar-refractivity contribution in [3.63, 3.8) is 0 Å². The van der Waals surface area contributed by atoms with Crippen molar-refractivity contribution in [3.05, 3.63) is 82.5 Å². The lowest BCUT2D eigenvalue weighted by Gasteiger charge is -2.17. The number of carboxylic acids is 1. The van der Waals surface area contributed by atoms with Crippen LogP contribution < -0.4 is 5.32 Å². The average molecular weight is 464 g/mol. The molecule has 0 saturated heterocycles. The molecule has 0 unspecified atom stereocenters. The summed E-state index contributed by atoms with van der Waals surface area (Å²) in [6.45, 7) is 8.06. The van der Waals surface area contributed by atoms with Gasteiger partial charge < -0.3 is 10.4 Å². The van der Waals surface area contributed by atoms with Crippen LogP contribution in [0.15, 0.2) is 61.4 Å². The van der Waals surface area contributed by atoms with E-state index < -0.39 is 12.0 Å². The molecule has 0 spiro atoms. The maximum Gasteiger partial charge on any atom is 0.326 e. The molecule has 1 atom stereocenters. The number of anilines is 1. The first-order chi connectivity index (χ1) is 15.4. The topological polar surface area (TPSA) is 75.1 Å². The number of nitrogens with one attached hydrogen (secondary N) is 1. The molecule has 2 N–H and O–H groups in total. The first kappa shape index (κ1) is 22.0. The average Bonchev–Trinajstić information content (AvgIpc) is 3.16. The van der Waals surface area contributed by atoms with Crippen molar-refractivity contribution in [2.45, 2.75) is 26.3 Å². The number of rotatable bonds is 7. The van der Waals surface area contributed by atoms with Gasteiger partial charge in [-0.05, 0) is 42.2 Å². The molecule has 162 valence electrons. The van der Waals surface area contributed by atoms with Crippen molar-refractivity contribution in [1.82, 2.24) is 9.97 Å². The van der Waals surface area contributed by atoms with Gasteiger partial charge in [0.2, 0.25) is 0 Å². The van der Waals surface area contributed by atoms with Crippen LogP contribution in [-0.4, -0.2) is 27.1 Å². The van der Waals surface area contributed by atoms with Crippen LogP contribution in [0.3, 0.4) is 0 Å². The van der Waals surface area contributed by atoms with Gasteiger partial charge in [0.25, 0.3) is 0 Å². The normalized spacial score (nSPS) is 12.0. The van der Waals surface area contributed by atoms with E-state index in [4.69, 9.17) is 11.6 Å². The van der Waals surface area contributed by atoms with Gasteiger partial charge >= 0.3 is 5.97 Å². The number of hydrogen-bond donors (Lipinski definition) is 2. The van der Waals surface area contributed by atoms with E-state index >= 15 is 0 Å². The van der Waals surface area contributed by atoms with Crippen molar-refractivity contribution in [2.24, 2.45) is 0 Å². The molecule has 0 saturated carbocycles. The fourth-order valence-electron chi connectivity index (χ4n) is 3.69. The monoisotopic (exact) mass is 463 g/mol. The van der Waals surface area contributed by atoms with Crippen LogP contribution in [0.2, 0.25) is 5.02 Å². The summed E-state index contributed by atoms with van der Waals surface area (Å²) in [5, 5.41) is 14.5. The van der Waals surface area contributed by atoms with E-state index in [-0.39, 0.29) is 0 Å². The second-order valence-electron chi connectivity index (χ2n) is 7.63. The first-order valence-electron chi connectivity index (χ1n) is 10.1. The highest BCUT2D eigenvalue weighted by Crippen LogP contribution is 2.45. The predicted molar refractivity (Wildman–Crippen MR) is 132 cm³/mol. The molecular formula is C25H22ClN3O2S. The SMILES string of the molecule is C=C(C)c1sc2ncnc(N[C@H](Cc3ccccc3)C(=O)O)c2c1-c1cccc(Cl)c1C. The Bertz CT molecular complexity index is 1320. The molecule has 4 rings (SSSR count). The molecule has 5 nitrogen and oxygen atoms in total. The second-order valence-corrected chi connectivity index (χ2v) is 9.03. The molecule has 2 heterocycles. The molecule has 0 radical (unpaired) electrons.